The van der Waals surface area contributed by atoms with Gasteiger partial charge in [0, 0.05) is 11.9 Å². The van der Waals surface area contributed by atoms with Crippen molar-refractivity contribution in [2.45, 2.75) is 0 Å². The first-order valence-electron chi connectivity index (χ1n) is 5.58. The van der Waals surface area contributed by atoms with E-state index >= 15 is 0 Å². The molecule has 0 saturated carbocycles. The number of hydrogen-bond donors (Lipinski definition) is 1. The Labute approximate surface area is 99.9 Å². The molecule has 0 bridgehead atoms. The van der Waals surface area contributed by atoms with E-state index in [1.807, 2.05) is 18.3 Å². The molecule has 0 spiro atoms. The largest absolute Gasteiger partial charge is 0.354 e. The number of aromatic nitrogens is 1. The summed E-state index contributed by atoms with van der Waals surface area (Å²) in [6, 6.07) is 18.6. The van der Waals surface area contributed by atoms with E-state index in [1.54, 1.807) is 6.20 Å². The summed E-state index contributed by atoms with van der Waals surface area (Å²) in [5, 5.41) is 5.82. The number of fused-ring (bicyclic) bond motifs is 1. The molecule has 1 aromatic heterocycles. The average Bonchev–Trinajstić information content (AvgIpc) is 2.40. The lowest BCUT2D eigenvalue weighted by molar-refractivity contribution is 1.32. The highest BCUT2D eigenvalue weighted by Gasteiger charge is 1.96. The molecule has 0 aliphatic carbocycles. The summed E-state index contributed by atoms with van der Waals surface area (Å²) in [7, 11) is 0. The number of benzene rings is 2. The van der Waals surface area contributed by atoms with Gasteiger partial charge in [-0.25, -0.2) is 0 Å². The minimum absolute atomic E-state index is 1.00. The highest BCUT2D eigenvalue weighted by Crippen LogP contribution is 2.21. The maximum atomic E-state index is 4.08. The number of rotatable bonds is 2. The maximum absolute atomic E-state index is 4.08. The lowest BCUT2D eigenvalue weighted by Gasteiger charge is -2.06. The highest BCUT2D eigenvalue weighted by atomic mass is 14.9. The monoisotopic (exact) mass is 220 g/mol. The van der Waals surface area contributed by atoms with Crippen LogP contribution in [0.15, 0.2) is 67.0 Å². The third kappa shape index (κ3) is 2.11. The Bertz CT molecular complexity index is 633. The molecule has 0 amide bonds. The van der Waals surface area contributed by atoms with Gasteiger partial charge in [-0.2, -0.15) is 0 Å². The molecular weight excluding hydrogens is 208 g/mol. The topological polar surface area (TPSA) is 24.9 Å². The minimum Gasteiger partial charge on any atom is -0.354 e. The second-order valence-corrected chi connectivity index (χ2v) is 3.93. The predicted molar refractivity (Wildman–Crippen MR) is 71.5 cm³/mol. The van der Waals surface area contributed by atoms with Crippen molar-refractivity contribution in [3.05, 3.63) is 67.0 Å². The van der Waals surface area contributed by atoms with Crippen LogP contribution in [0.3, 0.4) is 0 Å². The number of hydrogen-bond acceptors (Lipinski definition) is 2. The third-order valence-electron chi connectivity index (χ3n) is 2.70. The first kappa shape index (κ1) is 9.85. The summed E-state index contributed by atoms with van der Waals surface area (Å²) >= 11 is 0. The van der Waals surface area contributed by atoms with Crippen LogP contribution in [-0.4, -0.2) is 4.98 Å². The molecule has 0 aliphatic rings. The van der Waals surface area contributed by atoms with Crippen LogP contribution in [-0.2, 0) is 0 Å². The van der Waals surface area contributed by atoms with Crippen LogP contribution >= 0.6 is 0 Å². The van der Waals surface area contributed by atoms with Crippen LogP contribution in [0.25, 0.3) is 10.8 Å². The molecule has 0 unspecified atom stereocenters. The van der Waals surface area contributed by atoms with Crippen molar-refractivity contribution in [3.8, 4) is 0 Å². The lowest BCUT2D eigenvalue weighted by atomic mass is 10.1. The van der Waals surface area contributed by atoms with Gasteiger partial charge in [-0.05, 0) is 35.0 Å². The molecule has 1 heterocycles. The lowest BCUT2D eigenvalue weighted by Crippen LogP contribution is -1.90. The fourth-order valence-electron chi connectivity index (χ4n) is 1.87. The molecule has 17 heavy (non-hydrogen) atoms. The van der Waals surface area contributed by atoms with Crippen LogP contribution in [0.1, 0.15) is 0 Å². The Hall–Kier alpha value is -2.35. The van der Waals surface area contributed by atoms with E-state index in [-0.39, 0.29) is 0 Å². The quantitative estimate of drug-likeness (QED) is 0.706. The SMILES string of the molecule is c1cncc(Nc2ccc3ccccc3c2)c1. The molecule has 1 N–H and O–H groups in total. The Kier molecular flexibility index (Phi) is 2.47. The van der Waals surface area contributed by atoms with Gasteiger partial charge in [-0.3, -0.25) is 4.98 Å². The number of nitrogens with zero attached hydrogens (tertiary/aromatic N) is 1. The van der Waals surface area contributed by atoms with E-state index < -0.39 is 0 Å². The van der Waals surface area contributed by atoms with Gasteiger partial charge >= 0.3 is 0 Å². The molecule has 0 atom stereocenters. The summed E-state index contributed by atoms with van der Waals surface area (Å²) in [5.41, 5.74) is 2.08. The number of anilines is 2. The fraction of sp³-hybridized carbons (Fsp3) is 0. The molecule has 82 valence electrons. The Morgan fingerprint density at radius 2 is 1.65 bits per heavy atom. The fourth-order valence-corrected chi connectivity index (χ4v) is 1.87. The molecule has 0 aliphatic heterocycles. The van der Waals surface area contributed by atoms with Crippen molar-refractivity contribution in [2.24, 2.45) is 0 Å². The Morgan fingerprint density at radius 3 is 2.47 bits per heavy atom. The molecule has 0 radical (unpaired) electrons. The van der Waals surface area contributed by atoms with E-state index in [0.717, 1.165) is 11.4 Å². The Morgan fingerprint density at radius 1 is 0.765 bits per heavy atom. The van der Waals surface area contributed by atoms with Gasteiger partial charge in [0.15, 0.2) is 0 Å². The van der Waals surface area contributed by atoms with Gasteiger partial charge in [-0.15, -0.1) is 0 Å². The smallest absolute Gasteiger partial charge is 0.0570 e. The Balaban J connectivity index is 1.96. The van der Waals surface area contributed by atoms with Crippen molar-refractivity contribution in [1.82, 2.24) is 4.98 Å². The molecule has 0 saturated heterocycles. The minimum atomic E-state index is 1.00. The van der Waals surface area contributed by atoms with E-state index in [2.05, 4.69) is 52.8 Å². The van der Waals surface area contributed by atoms with E-state index in [4.69, 9.17) is 0 Å². The first-order valence-corrected chi connectivity index (χ1v) is 5.58. The summed E-state index contributed by atoms with van der Waals surface area (Å²) < 4.78 is 0. The number of pyridine rings is 1. The molecular formula is C15H12N2. The first-order chi connectivity index (χ1) is 8.42. The van der Waals surface area contributed by atoms with E-state index in [0.29, 0.717) is 0 Å². The van der Waals surface area contributed by atoms with Crippen molar-refractivity contribution in [2.75, 3.05) is 5.32 Å². The third-order valence-corrected chi connectivity index (χ3v) is 2.70. The summed E-state index contributed by atoms with van der Waals surface area (Å²) in [6.07, 6.45) is 3.58. The zero-order valence-corrected chi connectivity index (χ0v) is 9.30. The van der Waals surface area contributed by atoms with Crippen LogP contribution in [0.4, 0.5) is 11.4 Å². The molecule has 0 fully saturated rings. The summed E-state index contributed by atoms with van der Waals surface area (Å²) in [4.78, 5) is 4.08. The zero-order chi connectivity index (χ0) is 11.5. The van der Waals surface area contributed by atoms with E-state index in [9.17, 15) is 0 Å². The predicted octanol–water partition coefficient (Wildman–Crippen LogP) is 3.98. The summed E-state index contributed by atoms with van der Waals surface area (Å²) in [6.45, 7) is 0. The van der Waals surface area contributed by atoms with Crippen molar-refractivity contribution < 1.29 is 0 Å². The highest BCUT2D eigenvalue weighted by molar-refractivity contribution is 5.86. The molecule has 3 aromatic rings. The standard InChI is InChI=1S/C15H12N2/c1-2-5-13-10-14(8-7-12(13)4-1)17-15-6-3-9-16-11-15/h1-11,17H. The van der Waals surface area contributed by atoms with Crippen molar-refractivity contribution in [1.29, 1.82) is 0 Å². The molecule has 3 rings (SSSR count). The van der Waals surface area contributed by atoms with Crippen LogP contribution in [0.5, 0.6) is 0 Å². The van der Waals surface area contributed by atoms with Crippen LogP contribution < -0.4 is 5.32 Å². The van der Waals surface area contributed by atoms with Crippen LogP contribution in [0, 0.1) is 0 Å². The van der Waals surface area contributed by atoms with Crippen LogP contribution in [0.2, 0.25) is 0 Å². The maximum Gasteiger partial charge on any atom is 0.0570 e. The molecule has 2 aromatic carbocycles. The number of nitrogens with one attached hydrogen (secondary N) is 1. The van der Waals surface area contributed by atoms with Crippen molar-refractivity contribution in [3.63, 3.8) is 0 Å². The molecule has 2 nitrogen and oxygen atoms in total. The summed E-state index contributed by atoms with van der Waals surface area (Å²) in [5.74, 6) is 0. The van der Waals surface area contributed by atoms with Gasteiger partial charge < -0.3 is 5.32 Å². The average molecular weight is 220 g/mol. The van der Waals surface area contributed by atoms with E-state index in [1.165, 1.54) is 10.8 Å². The normalized spacial score (nSPS) is 10.4. The van der Waals surface area contributed by atoms with Gasteiger partial charge in [0.1, 0.15) is 0 Å². The van der Waals surface area contributed by atoms with Gasteiger partial charge in [-0.1, -0.05) is 30.3 Å². The van der Waals surface area contributed by atoms with Gasteiger partial charge in [0.2, 0.25) is 0 Å². The second kappa shape index (κ2) is 4.26. The van der Waals surface area contributed by atoms with Gasteiger partial charge in [0.05, 0.1) is 11.9 Å². The second-order valence-electron chi connectivity index (χ2n) is 3.93. The van der Waals surface area contributed by atoms with Crippen molar-refractivity contribution >= 4 is 22.1 Å². The van der Waals surface area contributed by atoms with Gasteiger partial charge in [0.25, 0.3) is 0 Å². The molecule has 2 heteroatoms. The zero-order valence-electron chi connectivity index (χ0n) is 9.30.